The Bertz CT molecular complexity index is 940. The molecule has 3 fully saturated rings. The van der Waals surface area contributed by atoms with Crippen LogP contribution in [0.2, 0.25) is 0 Å². The lowest BCUT2D eigenvalue weighted by Gasteiger charge is -2.33. The van der Waals surface area contributed by atoms with Crippen molar-refractivity contribution >= 4 is 20.7 Å². The second-order valence-corrected chi connectivity index (χ2v) is 11.2. The Morgan fingerprint density at radius 3 is 2.50 bits per heavy atom. The summed E-state index contributed by atoms with van der Waals surface area (Å²) < 4.78 is 32.1. The first kappa shape index (κ1) is 18.5. The van der Waals surface area contributed by atoms with Crippen LogP contribution in [0.3, 0.4) is 0 Å². The van der Waals surface area contributed by atoms with E-state index in [1.165, 1.54) is 23.7 Å². The third-order valence-electron chi connectivity index (χ3n) is 6.60. The monoisotopic (exact) mass is 402 g/mol. The molecule has 1 aromatic carbocycles. The van der Waals surface area contributed by atoms with E-state index in [0.717, 1.165) is 57.1 Å². The summed E-state index contributed by atoms with van der Waals surface area (Å²) in [7, 11) is -2.77. The minimum Gasteiger partial charge on any atom is -0.490 e. The highest BCUT2D eigenvalue weighted by Gasteiger charge is 2.31. The second kappa shape index (κ2) is 7.38. The standard InChI is InChI=1S/C22H30N2O3S/c25-28(26)13-9-18(16-28)14-23-10-6-19(7-11-23)27-22-3-1-2-21-20(22)8-12-24(21)15-17-4-5-17/h1-3,8,12,17-19H,4-7,9-11,13-16H2. The molecule has 1 unspecified atom stereocenters. The van der Waals surface area contributed by atoms with Crippen LogP contribution < -0.4 is 4.74 Å². The first-order valence-corrected chi connectivity index (χ1v) is 12.6. The summed E-state index contributed by atoms with van der Waals surface area (Å²) in [6.07, 6.45) is 8.04. The molecule has 2 aliphatic heterocycles. The Morgan fingerprint density at radius 2 is 1.79 bits per heavy atom. The summed E-state index contributed by atoms with van der Waals surface area (Å²) in [6.45, 7) is 4.05. The molecule has 152 valence electrons. The number of hydrogen-bond donors (Lipinski definition) is 0. The van der Waals surface area contributed by atoms with Crippen molar-refractivity contribution in [3.63, 3.8) is 0 Å². The van der Waals surface area contributed by atoms with Crippen LogP contribution in [-0.2, 0) is 16.4 Å². The van der Waals surface area contributed by atoms with Crippen molar-refractivity contribution in [1.29, 1.82) is 0 Å². The molecule has 1 atom stereocenters. The number of fused-ring (bicyclic) bond motifs is 1. The SMILES string of the molecule is O=S1(=O)CCC(CN2CCC(Oc3cccc4c3ccn4CC3CC3)CC2)C1. The largest absolute Gasteiger partial charge is 0.490 e. The van der Waals surface area contributed by atoms with Crippen molar-refractivity contribution in [2.75, 3.05) is 31.1 Å². The number of nitrogens with zero attached hydrogens (tertiary/aromatic N) is 2. The number of hydrogen-bond acceptors (Lipinski definition) is 4. The quantitative estimate of drug-likeness (QED) is 0.744. The van der Waals surface area contributed by atoms with Crippen molar-refractivity contribution in [1.82, 2.24) is 9.47 Å². The molecule has 5 rings (SSSR count). The van der Waals surface area contributed by atoms with Gasteiger partial charge in [0, 0.05) is 37.8 Å². The van der Waals surface area contributed by atoms with E-state index in [0.29, 0.717) is 17.4 Å². The van der Waals surface area contributed by atoms with Crippen molar-refractivity contribution in [2.45, 2.75) is 44.8 Å². The molecule has 1 saturated carbocycles. The lowest BCUT2D eigenvalue weighted by molar-refractivity contribution is 0.0943. The van der Waals surface area contributed by atoms with Gasteiger partial charge in [-0.05, 0) is 62.1 Å². The summed E-state index contributed by atoms with van der Waals surface area (Å²) in [5.74, 6) is 2.94. The van der Waals surface area contributed by atoms with E-state index >= 15 is 0 Å². The summed E-state index contributed by atoms with van der Waals surface area (Å²) in [4.78, 5) is 2.43. The van der Waals surface area contributed by atoms with Gasteiger partial charge < -0.3 is 14.2 Å². The van der Waals surface area contributed by atoms with E-state index < -0.39 is 9.84 Å². The smallest absolute Gasteiger partial charge is 0.150 e. The Morgan fingerprint density at radius 1 is 0.964 bits per heavy atom. The third kappa shape index (κ3) is 4.08. The molecular weight excluding hydrogens is 372 g/mol. The first-order chi connectivity index (χ1) is 13.6. The number of sulfone groups is 1. The van der Waals surface area contributed by atoms with Gasteiger partial charge in [-0.2, -0.15) is 0 Å². The molecule has 0 bridgehead atoms. The van der Waals surface area contributed by atoms with Crippen LogP contribution in [0.4, 0.5) is 0 Å². The minimum absolute atomic E-state index is 0.251. The molecule has 28 heavy (non-hydrogen) atoms. The Labute approximate surface area is 167 Å². The molecule has 5 nitrogen and oxygen atoms in total. The topological polar surface area (TPSA) is 51.5 Å². The van der Waals surface area contributed by atoms with E-state index in [-0.39, 0.29) is 6.10 Å². The van der Waals surface area contributed by atoms with Crippen LogP contribution in [-0.4, -0.2) is 55.1 Å². The fraction of sp³-hybridized carbons (Fsp3) is 0.636. The molecule has 0 N–H and O–H groups in total. The van der Waals surface area contributed by atoms with E-state index in [1.807, 2.05) is 0 Å². The maximum absolute atomic E-state index is 11.7. The van der Waals surface area contributed by atoms with Gasteiger partial charge in [0.25, 0.3) is 0 Å². The average molecular weight is 403 g/mol. The van der Waals surface area contributed by atoms with Crippen molar-refractivity contribution < 1.29 is 13.2 Å². The summed E-state index contributed by atoms with van der Waals surface area (Å²) in [5.41, 5.74) is 1.28. The molecule has 3 heterocycles. The van der Waals surface area contributed by atoms with Gasteiger partial charge in [-0.15, -0.1) is 0 Å². The third-order valence-corrected chi connectivity index (χ3v) is 8.43. The minimum atomic E-state index is -2.77. The van der Waals surface area contributed by atoms with Gasteiger partial charge in [0.1, 0.15) is 11.9 Å². The van der Waals surface area contributed by atoms with Gasteiger partial charge in [0.15, 0.2) is 9.84 Å². The van der Waals surface area contributed by atoms with Gasteiger partial charge in [-0.3, -0.25) is 0 Å². The zero-order valence-corrected chi connectivity index (χ0v) is 17.2. The van der Waals surface area contributed by atoms with Crippen molar-refractivity contribution in [2.24, 2.45) is 11.8 Å². The van der Waals surface area contributed by atoms with Crippen LogP contribution in [0.15, 0.2) is 30.5 Å². The van der Waals surface area contributed by atoms with Crippen molar-refractivity contribution in [3.05, 3.63) is 30.5 Å². The van der Waals surface area contributed by atoms with Gasteiger partial charge in [-0.1, -0.05) is 6.07 Å². The molecule has 6 heteroatoms. The van der Waals surface area contributed by atoms with E-state index in [1.54, 1.807) is 0 Å². The number of aromatic nitrogens is 1. The highest BCUT2D eigenvalue weighted by molar-refractivity contribution is 7.91. The first-order valence-electron chi connectivity index (χ1n) is 10.7. The molecule has 0 amide bonds. The lowest BCUT2D eigenvalue weighted by Crippen LogP contribution is -2.40. The molecule has 2 saturated heterocycles. The van der Waals surface area contributed by atoms with Crippen LogP contribution in [0.5, 0.6) is 5.75 Å². The van der Waals surface area contributed by atoms with E-state index in [4.69, 9.17) is 4.74 Å². The molecule has 0 radical (unpaired) electrons. The predicted molar refractivity (Wildman–Crippen MR) is 112 cm³/mol. The Hall–Kier alpha value is -1.53. The Balaban J connectivity index is 1.18. The van der Waals surface area contributed by atoms with Crippen molar-refractivity contribution in [3.8, 4) is 5.75 Å². The zero-order valence-electron chi connectivity index (χ0n) is 16.4. The maximum Gasteiger partial charge on any atom is 0.150 e. The number of benzene rings is 1. The number of rotatable bonds is 6. The van der Waals surface area contributed by atoms with Gasteiger partial charge in [0.2, 0.25) is 0 Å². The molecule has 1 aromatic heterocycles. The fourth-order valence-electron chi connectivity index (χ4n) is 4.81. The number of ether oxygens (including phenoxy) is 1. The Kier molecular flexibility index (Phi) is 4.87. The average Bonchev–Trinajstić information content (AvgIpc) is 3.30. The summed E-state index contributed by atoms with van der Waals surface area (Å²) in [6, 6.07) is 8.60. The van der Waals surface area contributed by atoms with Crippen LogP contribution >= 0.6 is 0 Å². The molecule has 0 spiro atoms. The lowest BCUT2D eigenvalue weighted by atomic mass is 10.0. The zero-order chi connectivity index (χ0) is 19.1. The van der Waals surface area contributed by atoms with Gasteiger partial charge >= 0.3 is 0 Å². The highest BCUT2D eigenvalue weighted by atomic mass is 32.2. The van der Waals surface area contributed by atoms with E-state index in [2.05, 4.69) is 39.9 Å². The maximum atomic E-state index is 11.7. The van der Waals surface area contributed by atoms with Crippen LogP contribution in [0, 0.1) is 11.8 Å². The molecule has 1 aliphatic carbocycles. The summed E-state index contributed by atoms with van der Waals surface area (Å²) in [5, 5.41) is 1.22. The second-order valence-electron chi connectivity index (χ2n) is 8.99. The fourth-order valence-corrected chi connectivity index (χ4v) is 6.66. The van der Waals surface area contributed by atoms with Crippen LogP contribution in [0.1, 0.15) is 32.1 Å². The number of likely N-dealkylation sites (tertiary alicyclic amines) is 1. The highest BCUT2D eigenvalue weighted by Crippen LogP contribution is 2.34. The molecule has 3 aliphatic rings. The summed E-state index contributed by atoms with van der Waals surface area (Å²) >= 11 is 0. The van der Waals surface area contributed by atoms with Gasteiger partial charge in [-0.25, -0.2) is 8.42 Å². The molecule has 2 aromatic rings. The number of piperidine rings is 1. The normalized spacial score (nSPS) is 26.1. The predicted octanol–water partition coefficient (Wildman–Crippen LogP) is 3.33. The van der Waals surface area contributed by atoms with E-state index in [9.17, 15) is 8.42 Å². The molecular formula is C22H30N2O3S. The van der Waals surface area contributed by atoms with Crippen LogP contribution in [0.25, 0.3) is 10.9 Å². The van der Waals surface area contributed by atoms with Gasteiger partial charge in [0.05, 0.1) is 17.0 Å².